The second kappa shape index (κ2) is 10.7. The van der Waals surface area contributed by atoms with Crippen molar-refractivity contribution in [1.29, 1.82) is 0 Å². The highest BCUT2D eigenvalue weighted by molar-refractivity contribution is 7.99. The lowest BCUT2D eigenvalue weighted by atomic mass is 10.2. The minimum atomic E-state index is -3.05. The van der Waals surface area contributed by atoms with Crippen LogP contribution < -0.4 is 4.74 Å². The Morgan fingerprint density at radius 3 is 2.71 bits per heavy atom. The lowest BCUT2D eigenvalue weighted by Gasteiger charge is -2.28. The van der Waals surface area contributed by atoms with Gasteiger partial charge < -0.3 is 14.2 Å². The summed E-state index contributed by atoms with van der Waals surface area (Å²) in [6.07, 6.45) is 2.30. The summed E-state index contributed by atoms with van der Waals surface area (Å²) in [5.74, 6) is 1.64. The Balaban J connectivity index is 1.57. The Labute approximate surface area is 192 Å². The minimum absolute atomic E-state index is 0.0588. The summed E-state index contributed by atoms with van der Waals surface area (Å²) in [5.41, 5.74) is 0. The number of carbonyl (C=O) groups excluding carboxylic acids is 1. The molecule has 1 amide bonds. The third-order valence-electron chi connectivity index (χ3n) is 5.15. The summed E-state index contributed by atoms with van der Waals surface area (Å²) in [5, 5.41) is 9.56. The van der Waals surface area contributed by atoms with Crippen LogP contribution >= 0.6 is 23.4 Å². The summed E-state index contributed by atoms with van der Waals surface area (Å²) >= 11 is 7.17. The first-order valence-electron chi connectivity index (χ1n) is 10.2. The van der Waals surface area contributed by atoms with E-state index in [1.165, 1.54) is 11.8 Å². The van der Waals surface area contributed by atoms with Crippen LogP contribution in [0.5, 0.6) is 5.75 Å². The molecule has 170 valence electrons. The average molecular weight is 487 g/mol. The second-order valence-corrected chi connectivity index (χ2v) is 11.1. The van der Waals surface area contributed by atoms with Crippen LogP contribution in [-0.2, 0) is 28.3 Å². The van der Waals surface area contributed by atoms with Gasteiger partial charge in [-0.1, -0.05) is 36.7 Å². The van der Waals surface area contributed by atoms with Crippen molar-refractivity contribution in [3.63, 3.8) is 0 Å². The van der Waals surface area contributed by atoms with E-state index in [1.54, 1.807) is 33.7 Å². The zero-order valence-electron chi connectivity index (χ0n) is 17.7. The normalized spacial score (nSPS) is 17.6. The van der Waals surface area contributed by atoms with Gasteiger partial charge in [0.05, 0.1) is 17.3 Å². The molecule has 0 N–H and O–H groups in total. The summed E-state index contributed by atoms with van der Waals surface area (Å²) in [6.45, 7) is 2.87. The number of benzene rings is 1. The van der Waals surface area contributed by atoms with E-state index in [0.29, 0.717) is 34.7 Å². The maximum atomic E-state index is 12.9. The van der Waals surface area contributed by atoms with Crippen LogP contribution in [0.3, 0.4) is 0 Å². The molecule has 1 aromatic carbocycles. The molecule has 0 aliphatic carbocycles. The van der Waals surface area contributed by atoms with E-state index in [1.807, 2.05) is 7.05 Å². The Bertz CT molecular complexity index is 995. The first kappa shape index (κ1) is 23.9. The highest BCUT2D eigenvalue weighted by Gasteiger charge is 2.34. The molecule has 0 saturated carbocycles. The van der Waals surface area contributed by atoms with Gasteiger partial charge in [-0.05, 0) is 37.1 Å². The van der Waals surface area contributed by atoms with E-state index < -0.39 is 9.84 Å². The predicted octanol–water partition coefficient (Wildman–Crippen LogP) is 2.96. The molecule has 1 unspecified atom stereocenters. The van der Waals surface area contributed by atoms with Gasteiger partial charge in [0.2, 0.25) is 5.91 Å². The van der Waals surface area contributed by atoms with Crippen molar-refractivity contribution in [3.05, 3.63) is 35.1 Å². The number of aromatic nitrogens is 3. The molecule has 1 aliphatic rings. The Kier molecular flexibility index (Phi) is 8.23. The Morgan fingerprint density at radius 1 is 1.32 bits per heavy atom. The lowest BCUT2D eigenvalue weighted by molar-refractivity contribution is -0.130. The standard InChI is InChI=1S/C20H27ClN4O4S2/c1-3-4-10-25(16-9-11-31(27,28)14-16)19(26)13-30-20-23-22-18(24(20)2)12-29-17-7-5-15(21)6-8-17/h5-8,16H,3-4,9-14H2,1-2H3. The van der Waals surface area contributed by atoms with Crippen LogP contribution in [0.4, 0.5) is 0 Å². The molecule has 31 heavy (non-hydrogen) atoms. The van der Waals surface area contributed by atoms with Crippen LogP contribution in [0.2, 0.25) is 5.02 Å². The summed E-state index contributed by atoms with van der Waals surface area (Å²) in [4.78, 5) is 14.6. The summed E-state index contributed by atoms with van der Waals surface area (Å²) < 4.78 is 31.2. The fourth-order valence-corrected chi connectivity index (χ4v) is 6.02. The summed E-state index contributed by atoms with van der Waals surface area (Å²) in [7, 11) is -1.22. The zero-order chi connectivity index (χ0) is 22.4. The molecule has 2 heterocycles. The molecule has 2 aromatic rings. The SMILES string of the molecule is CCCCN(C(=O)CSc1nnc(COc2ccc(Cl)cc2)n1C)C1CCS(=O)(=O)C1. The van der Waals surface area contributed by atoms with Gasteiger partial charge in [-0.25, -0.2) is 8.42 Å². The minimum Gasteiger partial charge on any atom is -0.486 e. The van der Waals surface area contributed by atoms with E-state index in [0.717, 1.165) is 12.8 Å². The zero-order valence-corrected chi connectivity index (χ0v) is 20.0. The van der Waals surface area contributed by atoms with E-state index in [2.05, 4.69) is 17.1 Å². The van der Waals surface area contributed by atoms with E-state index in [9.17, 15) is 13.2 Å². The molecule has 1 atom stereocenters. The third kappa shape index (κ3) is 6.60. The third-order valence-corrected chi connectivity index (χ3v) is 8.16. The molecule has 0 bridgehead atoms. The number of nitrogens with zero attached hydrogens (tertiary/aromatic N) is 4. The molecule has 11 heteroatoms. The van der Waals surface area contributed by atoms with Gasteiger partial charge in [-0.15, -0.1) is 10.2 Å². The highest BCUT2D eigenvalue weighted by atomic mass is 35.5. The molecular weight excluding hydrogens is 460 g/mol. The molecule has 0 radical (unpaired) electrons. The van der Waals surface area contributed by atoms with E-state index in [4.69, 9.17) is 16.3 Å². The number of carbonyl (C=O) groups is 1. The topological polar surface area (TPSA) is 94.4 Å². The predicted molar refractivity (Wildman–Crippen MR) is 121 cm³/mol. The van der Waals surface area contributed by atoms with Crippen LogP contribution in [0.1, 0.15) is 32.0 Å². The average Bonchev–Trinajstić information content (AvgIpc) is 3.28. The van der Waals surface area contributed by atoms with Gasteiger partial charge in [-0.3, -0.25) is 4.79 Å². The number of halogens is 1. The van der Waals surface area contributed by atoms with Crippen molar-refractivity contribution in [2.75, 3.05) is 23.8 Å². The van der Waals surface area contributed by atoms with E-state index >= 15 is 0 Å². The van der Waals surface area contributed by atoms with Gasteiger partial charge in [0.1, 0.15) is 12.4 Å². The molecule has 0 spiro atoms. The fourth-order valence-electron chi connectivity index (χ4n) is 3.34. The molecular formula is C20H27ClN4O4S2. The van der Waals surface area contributed by atoms with Gasteiger partial charge in [0, 0.05) is 24.7 Å². The number of ether oxygens (including phenoxy) is 1. The van der Waals surface area contributed by atoms with Gasteiger partial charge in [0.25, 0.3) is 0 Å². The summed E-state index contributed by atoms with van der Waals surface area (Å²) in [6, 6.07) is 6.83. The monoisotopic (exact) mass is 486 g/mol. The van der Waals surface area contributed by atoms with Gasteiger partial charge >= 0.3 is 0 Å². The Hall–Kier alpha value is -1.78. The number of sulfone groups is 1. The van der Waals surface area contributed by atoms with Crippen molar-refractivity contribution in [1.82, 2.24) is 19.7 Å². The first-order chi connectivity index (χ1) is 14.8. The molecule has 1 saturated heterocycles. The molecule has 1 fully saturated rings. The first-order valence-corrected chi connectivity index (χ1v) is 13.4. The number of hydrogen-bond acceptors (Lipinski definition) is 7. The van der Waals surface area contributed by atoms with Crippen molar-refractivity contribution in [2.24, 2.45) is 7.05 Å². The Morgan fingerprint density at radius 2 is 2.06 bits per heavy atom. The molecule has 8 nitrogen and oxygen atoms in total. The van der Waals surface area contributed by atoms with Crippen LogP contribution in [-0.4, -0.2) is 63.8 Å². The van der Waals surface area contributed by atoms with Crippen molar-refractivity contribution < 1.29 is 17.9 Å². The largest absolute Gasteiger partial charge is 0.486 e. The second-order valence-electron chi connectivity index (χ2n) is 7.49. The van der Waals surface area contributed by atoms with Crippen molar-refractivity contribution >= 4 is 39.1 Å². The smallest absolute Gasteiger partial charge is 0.233 e. The number of unbranched alkanes of at least 4 members (excludes halogenated alkanes) is 1. The quantitative estimate of drug-likeness (QED) is 0.476. The van der Waals surface area contributed by atoms with Gasteiger partial charge in [-0.2, -0.15) is 0 Å². The fraction of sp³-hybridized carbons (Fsp3) is 0.550. The molecule has 3 rings (SSSR count). The number of amides is 1. The van der Waals surface area contributed by atoms with Crippen molar-refractivity contribution in [2.45, 2.75) is 44.0 Å². The number of thioether (sulfide) groups is 1. The van der Waals surface area contributed by atoms with Crippen LogP contribution in [0.25, 0.3) is 0 Å². The number of hydrogen-bond donors (Lipinski definition) is 0. The highest BCUT2D eigenvalue weighted by Crippen LogP contribution is 2.22. The maximum absolute atomic E-state index is 12.9. The van der Waals surface area contributed by atoms with Crippen LogP contribution in [0.15, 0.2) is 29.4 Å². The molecule has 1 aliphatic heterocycles. The van der Waals surface area contributed by atoms with E-state index in [-0.39, 0.29) is 35.8 Å². The van der Waals surface area contributed by atoms with Crippen LogP contribution in [0, 0.1) is 0 Å². The van der Waals surface area contributed by atoms with Crippen molar-refractivity contribution in [3.8, 4) is 5.75 Å². The van der Waals surface area contributed by atoms with Gasteiger partial charge in [0.15, 0.2) is 20.8 Å². The maximum Gasteiger partial charge on any atom is 0.233 e. The number of rotatable bonds is 10. The lowest BCUT2D eigenvalue weighted by Crippen LogP contribution is -2.42. The molecule has 1 aromatic heterocycles.